The van der Waals surface area contributed by atoms with Crippen LogP contribution in [0.5, 0.6) is 0 Å². The van der Waals surface area contributed by atoms with E-state index in [0.29, 0.717) is 11.8 Å². The predicted molar refractivity (Wildman–Crippen MR) is 71.7 cm³/mol. The molecule has 0 aromatic heterocycles. The van der Waals surface area contributed by atoms with E-state index in [-0.39, 0.29) is 30.4 Å². The molecule has 3 nitrogen and oxygen atoms in total. The molecule has 0 aliphatic carbocycles. The summed E-state index contributed by atoms with van der Waals surface area (Å²) < 4.78 is 0. The fraction of sp³-hybridized carbons (Fsp3) is 0.917. The van der Waals surface area contributed by atoms with Gasteiger partial charge in [0, 0.05) is 6.04 Å². The molecule has 0 saturated carbocycles. The summed E-state index contributed by atoms with van der Waals surface area (Å²) in [5, 5.41) is 2.97. The van der Waals surface area contributed by atoms with Gasteiger partial charge in [0.05, 0.1) is 6.04 Å². The number of carbonyl (C=O) groups excluding carboxylic acids is 1. The summed E-state index contributed by atoms with van der Waals surface area (Å²) in [5.74, 6) is 0.946. The number of halogens is 1. The highest BCUT2D eigenvalue weighted by molar-refractivity contribution is 5.85. The Morgan fingerprint density at radius 3 is 2.12 bits per heavy atom. The third-order valence-electron chi connectivity index (χ3n) is 2.93. The number of rotatable bonds is 6. The van der Waals surface area contributed by atoms with Gasteiger partial charge in [0.2, 0.25) is 5.91 Å². The van der Waals surface area contributed by atoms with Gasteiger partial charge in [0.25, 0.3) is 0 Å². The van der Waals surface area contributed by atoms with Crippen LogP contribution in [-0.4, -0.2) is 18.0 Å². The topological polar surface area (TPSA) is 55.1 Å². The zero-order valence-electron chi connectivity index (χ0n) is 11.1. The summed E-state index contributed by atoms with van der Waals surface area (Å²) in [6.45, 7) is 10.4. The Morgan fingerprint density at radius 1 is 1.25 bits per heavy atom. The number of carbonyl (C=O) groups is 1. The fourth-order valence-electron chi connectivity index (χ4n) is 1.44. The summed E-state index contributed by atoms with van der Waals surface area (Å²) in [5.41, 5.74) is 5.80. The van der Waals surface area contributed by atoms with Crippen molar-refractivity contribution < 1.29 is 4.79 Å². The van der Waals surface area contributed by atoms with E-state index >= 15 is 0 Å². The molecule has 0 aromatic carbocycles. The molecule has 3 N–H and O–H groups in total. The summed E-state index contributed by atoms with van der Waals surface area (Å²) in [6.07, 6.45) is 1.82. The lowest BCUT2D eigenvalue weighted by atomic mass is 9.99. The zero-order valence-corrected chi connectivity index (χ0v) is 11.9. The first-order valence-corrected chi connectivity index (χ1v) is 5.94. The van der Waals surface area contributed by atoms with Crippen LogP contribution in [0.2, 0.25) is 0 Å². The molecular formula is C12H27ClN2O. The van der Waals surface area contributed by atoms with Gasteiger partial charge in [-0.2, -0.15) is 0 Å². The smallest absolute Gasteiger partial charge is 0.237 e. The van der Waals surface area contributed by atoms with Crippen LogP contribution in [-0.2, 0) is 4.79 Å². The molecule has 0 saturated heterocycles. The Hall–Kier alpha value is -0.280. The third-order valence-corrected chi connectivity index (χ3v) is 2.93. The highest BCUT2D eigenvalue weighted by Crippen LogP contribution is 2.08. The van der Waals surface area contributed by atoms with Gasteiger partial charge in [-0.1, -0.05) is 34.1 Å². The molecule has 4 heteroatoms. The Bertz CT molecular complexity index is 197. The van der Waals surface area contributed by atoms with Gasteiger partial charge in [-0.25, -0.2) is 0 Å². The third kappa shape index (κ3) is 7.07. The molecule has 3 atom stereocenters. The van der Waals surface area contributed by atoms with E-state index in [1.54, 1.807) is 0 Å². The minimum Gasteiger partial charge on any atom is -0.352 e. The molecule has 1 amide bonds. The number of hydrogen-bond acceptors (Lipinski definition) is 2. The average molecular weight is 251 g/mol. The minimum absolute atomic E-state index is 0. The van der Waals surface area contributed by atoms with Crippen molar-refractivity contribution in [3.63, 3.8) is 0 Å². The van der Waals surface area contributed by atoms with Crippen LogP contribution in [0.3, 0.4) is 0 Å². The fourth-order valence-corrected chi connectivity index (χ4v) is 1.44. The van der Waals surface area contributed by atoms with Gasteiger partial charge in [0.1, 0.15) is 0 Å². The van der Waals surface area contributed by atoms with Crippen molar-refractivity contribution in [2.75, 3.05) is 0 Å². The van der Waals surface area contributed by atoms with E-state index in [0.717, 1.165) is 12.8 Å². The molecule has 0 bridgehead atoms. The van der Waals surface area contributed by atoms with Crippen LogP contribution in [0.15, 0.2) is 0 Å². The molecule has 0 rings (SSSR count). The van der Waals surface area contributed by atoms with Crippen LogP contribution in [0.1, 0.15) is 47.5 Å². The number of nitrogens with one attached hydrogen (secondary N) is 1. The predicted octanol–water partition coefficient (Wildman–Crippen LogP) is 2.33. The number of hydrogen-bond donors (Lipinski definition) is 2. The van der Waals surface area contributed by atoms with Gasteiger partial charge in [-0.3, -0.25) is 4.79 Å². The quantitative estimate of drug-likeness (QED) is 0.760. The van der Waals surface area contributed by atoms with Crippen LogP contribution >= 0.6 is 12.4 Å². The molecule has 2 unspecified atom stereocenters. The monoisotopic (exact) mass is 250 g/mol. The zero-order chi connectivity index (χ0) is 12.0. The second-order valence-corrected chi connectivity index (χ2v) is 4.92. The Kier molecular flexibility index (Phi) is 9.98. The van der Waals surface area contributed by atoms with Crippen LogP contribution < -0.4 is 11.1 Å². The van der Waals surface area contributed by atoms with Crippen molar-refractivity contribution >= 4 is 18.3 Å². The molecule has 0 heterocycles. The van der Waals surface area contributed by atoms with Gasteiger partial charge < -0.3 is 11.1 Å². The minimum atomic E-state index is -0.364. The van der Waals surface area contributed by atoms with Crippen molar-refractivity contribution in [1.82, 2.24) is 5.32 Å². The SMILES string of the molecule is CCC(C)C(C)NC(=O)[C@@H](N)CC(C)C.Cl. The highest BCUT2D eigenvalue weighted by Gasteiger charge is 2.18. The molecule has 0 fully saturated rings. The largest absolute Gasteiger partial charge is 0.352 e. The van der Waals surface area contributed by atoms with E-state index in [4.69, 9.17) is 5.73 Å². The maximum Gasteiger partial charge on any atom is 0.237 e. The second-order valence-electron chi connectivity index (χ2n) is 4.92. The summed E-state index contributed by atoms with van der Waals surface area (Å²) in [6, 6.07) is -0.155. The summed E-state index contributed by atoms with van der Waals surface area (Å²) in [4.78, 5) is 11.7. The Morgan fingerprint density at radius 2 is 1.75 bits per heavy atom. The normalized spacial score (nSPS) is 16.2. The molecular weight excluding hydrogens is 224 g/mol. The highest BCUT2D eigenvalue weighted by atomic mass is 35.5. The van der Waals surface area contributed by atoms with Crippen molar-refractivity contribution in [3.8, 4) is 0 Å². The lowest BCUT2D eigenvalue weighted by molar-refractivity contribution is -0.123. The second kappa shape index (κ2) is 8.82. The summed E-state index contributed by atoms with van der Waals surface area (Å²) >= 11 is 0. The van der Waals surface area contributed by atoms with E-state index in [2.05, 4.69) is 33.0 Å². The first-order valence-electron chi connectivity index (χ1n) is 5.94. The number of amides is 1. The molecule has 16 heavy (non-hydrogen) atoms. The molecule has 0 aliphatic rings. The Labute approximate surface area is 106 Å². The van der Waals surface area contributed by atoms with E-state index in [1.165, 1.54) is 0 Å². The average Bonchev–Trinajstić information content (AvgIpc) is 2.15. The van der Waals surface area contributed by atoms with E-state index in [9.17, 15) is 4.79 Å². The first kappa shape index (κ1) is 18.1. The van der Waals surface area contributed by atoms with Gasteiger partial charge >= 0.3 is 0 Å². The molecule has 0 spiro atoms. The molecule has 0 aliphatic heterocycles. The summed E-state index contributed by atoms with van der Waals surface area (Å²) in [7, 11) is 0. The van der Waals surface area contributed by atoms with Gasteiger partial charge in [-0.15, -0.1) is 12.4 Å². The van der Waals surface area contributed by atoms with E-state index in [1.807, 2.05) is 6.92 Å². The molecule has 98 valence electrons. The van der Waals surface area contributed by atoms with Crippen molar-refractivity contribution in [1.29, 1.82) is 0 Å². The van der Waals surface area contributed by atoms with Crippen molar-refractivity contribution in [2.45, 2.75) is 59.5 Å². The number of nitrogens with two attached hydrogens (primary N) is 1. The van der Waals surface area contributed by atoms with Crippen molar-refractivity contribution in [2.24, 2.45) is 17.6 Å². The maximum atomic E-state index is 11.7. The van der Waals surface area contributed by atoms with Gasteiger partial charge in [0.15, 0.2) is 0 Å². The van der Waals surface area contributed by atoms with Crippen LogP contribution in [0.4, 0.5) is 0 Å². The molecule has 0 radical (unpaired) electrons. The van der Waals surface area contributed by atoms with E-state index < -0.39 is 0 Å². The maximum absolute atomic E-state index is 11.7. The van der Waals surface area contributed by atoms with Gasteiger partial charge in [-0.05, 0) is 25.2 Å². The van der Waals surface area contributed by atoms with Crippen molar-refractivity contribution in [3.05, 3.63) is 0 Å². The standard InChI is InChI=1S/C12H26N2O.ClH/c1-6-9(4)10(5)14-12(15)11(13)7-8(2)3;/h8-11H,6-7,13H2,1-5H3,(H,14,15);1H/t9?,10?,11-;/m0./s1. The van der Waals surface area contributed by atoms with Crippen LogP contribution in [0, 0.1) is 11.8 Å². The lowest BCUT2D eigenvalue weighted by Gasteiger charge is -2.22. The van der Waals surface area contributed by atoms with Crippen LogP contribution in [0.25, 0.3) is 0 Å². The molecule has 0 aromatic rings. The first-order chi connectivity index (χ1) is 6.88. The Balaban J connectivity index is 0. The lowest BCUT2D eigenvalue weighted by Crippen LogP contribution is -2.46.